The molecule has 1 fully saturated rings. The molecule has 0 aliphatic carbocycles. The van der Waals surface area contributed by atoms with Crippen LogP contribution >= 0.6 is 43.6 Å². The van der Waals surface area contributed by atoms with Crippen LogP contribution in [0.2, 0.25) is 0 Å². The van der Waals surface area contributed by atoms with Gasteiger partial charge in [0.15, 0.2) is 11.5 Å². The number of phenols is 1. The van der Waals surface area contributed by atoms with E-state index in [0.717, 1.165) is 16.7 Å². The summed E-state index contributed by atoms with van der Waals surface area (Å²) < 4.78 is 5.95. The predicted molar refractivity (Wildman–Crippen MR) is 118 cm³/mol. The third-order valence-corrected chi connectivity index (χ3v) is 6.98. The van der Waals surface area contributed by atoms with Gasteiger partial charge in [-0.3, -0.25) is 19.3 Å². The minimum Gasteiger partial charge on any atom is -0.503 e. The number of methoxy groups -OCH3 is 1. The zero-order valence-electron chi connectivity index (χ0n) is 14.9. The number of anilines is 1. The van der Waals surface area contributed by atoms with Crippen molar-refractivity contribution in [1.82, 2.24) is 4.90 Å². The van der Waals surface area contributed by atoms with Gasteiger partial charge in [-0.05, 0) is 73.5 Å². The van der Waals surface area contributed by atoms with Crippen LogP contribution < -0.4 is 10.1 Å². The number of aromatic hydroxyl groups is 1. The minimum absolute atomic E-state index is 0.0952. The molecule has 29 heavy (non-hydrogen) atoms. The summed E-state index contributed by atoms with van der Waals surface area (Å²) in [7, 11) is 1.40. The number of thioether (sulfide) groups is 1. The lowest BCUT2D eigenvalue weighted by atomic mass is 10.2. The Morgan fingerprint density at radius 2 is 1.93 bits per heavy atom. The molecule has 2 aromatic rings. The molecule has 0 atom stereocenters. The van der Waals surface area contributed by atoms with Gasteiger partial charge in [-0.25, -0.2) is 0 Å². The summed E-state index contributed by atoms with van der Waals surface area (Å²) in [4.78, 5) is 38.2. The highest BCUT2D eigenvalue weighted by molar-refractivity contribution is 9.13. The van der Waals surface area contributed by atoms with Gasteiger partial charge in [0.1, 0.15) is 6.54 Å². The number of amides is 3. The summed E-state index contributed by atoms with van der Waals surface area (Å²) in [6.45, 7) is -0.388. The average Bonchev–Trinajstić information content (AvgIpc) is 2.96. The monoisotopic (exact) mass is 540 g/mol. The Bertz CT molecular complexity index is 1030. The molecule has 0 aromatic heterocycles. The fourth-order valence-electron chi connectivity index (χ4n) is 2.52. The fraction of sp³-hybridized carbons (Fsp3) is 0.105. The van der Waals surface area contributed by atoms with Gasteiger partial charge >= 0.3 is 0 Å². The number of nitrogens with one attached hydrogen (secondary N) is 1. The lowest BCUT2D eigenvalue weighted by molar-refractivity contribution is -0.127. The van der Waals surface area contributed by atoms with Gasteiger partial charge < -0.3 is 15.2 Å². The summed E-state index contributed by atoms with van der Waals surface area (Å²) in [6.07, 6.45) is 1.50. The van der Waals surface area contributed by atoms with E-state index in [1.54, 1.807) is 24.3 Å². The quantitative estimate of drug-likeness (QED) is 0.537. The number of carbonyl (C=O) groups excluding carboxylic acids is 3. The molecule has 150 valence electrons. The van der Waals surface area contributed by atoms with E-state index in [9.17, 15) is 19.5 Å². The van der Waals surface area contributed by atoms with Gasteiger partial charge in [-0.1, -0.05) is 18.2 Å². The van der Waals surface area contributed by atoms with Crippen LogP contribution in [-0.4, -0.2) is 40.7 Å². The van der Waals surface area contributed by atoms with Crippen LogP contribution in [0.15, 0.2) is 50.2 Å². The average molecular weight is 542 g/mol. The van der Waals surface area contributed by atoms with Gasteiger partial charge in [0, 0.05) is 10.2 Å². The molecular weight excluding hydrogens is 528 g/mol. The number of imide groups is 1. The molecular formula is C19H14Br2N2O5S. The van der Waals surface area contributed by atoms with Crippen LogP contribution in [0.3, 0.4) is 0 Å². The fourth-order valence-corrected chi connectivity index (χ4v) is 4.19. The summed E-state index contributed by atoms with van der Waals surface area (Å²) in [5, 5.41) is 12.1. The topological polar surface area (TPSA) is 95.9 Å². The van der Waals surface area contributed by atoms with Crippen molar-refractivity contribution in [3.8, 4) is 11.5 Å². The summed E-state index contributed by atoms with van der Waals surface area (Å²) in [5.41, 5.74) is 1.09. The van der Waals surface area contributed by atoms with Crippen molar-refractivity contribution in [2.24, 2.45) is 0 Å². The van der Waals surface area contributed by atoms with Crippen LogP contribution in [0, 0.1) is 0 Å². The van der Waals surface area contributed by atoms with Gasteiger partial charge in [0.2, 0.25) is 5.91 Å². The van der Waals surface area contributed by atoms with Crippen molar-refractivity contribution in [3.63, 3.8) is 0 Å². The Kier molecular flexibility index (Phi) is 6.66. The molecule has 1 aliphatic heterocycles. The first kappa shape index (κ1) is 21.4. The van der Waals surface area contributed by atoms with E-state index in [0.29, 0.717) is 20.2 Å². The van der Waals surface area contributed by atoms with Crippen molar-refractivity contribution in [2.75, 3.05) is 19.0 Å². The van der Waals surface area contributed by atoms with Crippen LogP contribution in [-0.2, 0) is 9.59 Å². The largest absolute Gasteiger partial charge is 0.503 e. The van der Waals surface area contributed by atoms with Crippen molar-refractivity contribution in [1.29, 1.82) is 0 Å². The number of halogens is 2. The normalized spacial score (nSPS) is 15.1. The molecule has 2 N–H and O–H groups in total. The molecule has 3 amide bonds. The van der Waals surface area contributed by atoms with Crippen LogP contribution in [0.5, 0.6) is 11.5 Å². The van der Waals surface area contributed by atoms with E-state index in [1.807, 2.05) is 6.07 Å². The minimum atomic E-state index is -0.571. The second-order valence-corrected chi connectivity index (χ2v) is 8.41. The Morgan fingerprint density at radius 1 is 1.24 bits per heavy atom. The molecule has 7 nitrogen and oxygen atoms in total. The van der Waals surface area contributed by atoms with E-state index in [-0.39, 0.29) is 22.9 Å². The van der Waals surface area contributed by atoms with E-state index in [2.05, 4.69) is 37.2 Å². The van der Waals surface area contributed by atoms with Gasteiger partial charge in [-0.15, -0.1) is 0 Å². The number of rotatable bonds is 5. The summed E-state index contributed by atoms with van der Waals surface area (Å²) >= 11 is 7.32. The standard InChI is InChI=1S/C19H14Br2N2O5S/c1-28-12-7-10(15(20)16(21)17(12)25)8-13-18(26)23(19(27)29-13)9-14(24)22-11-5-3-2-4-6-11/h2-8,25H,9H2,1H3,(H,22,24)/b13-8-. The van der Waals surface area contributed by atoms with Crippen LogP contribution in [0.25, 0.3) is 6.08 Å². The second kappa shape index (κ2) is 9.02. The predicted octanol–water partition coefficient (Wildman–Crippen LogP) is 4.60. The summed E-state index contributed by atoms with van der Waals surface area (Å²) in [6, 6.07) is 10.3. The van der Waals surface area contributed by atoms with Crippen molar-refractivity contribution >= 4 is 72.4 Å². The van der Waals surface area contributed by atoms with Gasteiger partial charge in [-0.2, -0.15) is 0 Å². The highest BCUT2D eigenvalue weighted by atomic mass is 79.9. The third kappa shape index (κ3) is 4.65. The number of hydrogen-bond acceptors (Lipinski definition) is 6. The summed E-state index contributed by atoms with van der Waals surface area (Å²) in [5.74, 6) is -0.941. The molecule has 0 spiro atoms. The lowest BCUT2D eigenvalue weighted by Crippen LogP contribution is -2.36. The molecule has 1 saturated heterocycles. The van der Waals surface area contributed by atoms with E-state index >= 15 is 0 Å². The molecule has 10 heteroatoms. The van der Waals surface area contributed by atoms with Gasteiger partial charge in [0.25, 0.3) is 11.1 Å². The van der Waals surface area contributed by atoms with E-state index < -0.39 is 17.1 Å². The number of phenolic OH excluding ortho intramolecular Hbond substituents is 1. The van der Waals surface area contributed by atoms with Crippen molar-refractivity contribution < 1.29 is 24.2 Å². The van der Waals surface area contributed by atoms with Gasteiger partial charge in [0.05, 0.1) is 16.5 Å². The zero-order valence-corrected chi connectivity index (χ0v) is 18.9. The maximum atomic E-state index is 12.7. The number of ether oxygens (including phenoxy) is 1. The number of benzene rings is 2. The smallest absolute Gasteiger partial charge is 0.294 e. The third-order valence-electron chi connectivity index (χ3n) is 3.91. The zero-order chi connectivity index (χ0) is 21.1. The van der Waals surface area contributed by atoms with Crippen molar-refractivity contribution in [2.45, 2.75) is 0 Å². The highest BCUT2D eigenvalue weighted by Crippen LogP contribution is 2.43. The molecule has 0 radical (unpaired) electrons. The number of nitrogens with zero attached hydrogens (tertiary/aromatic N) is 1. The van der Waals surface area contributed by atoms with Crippen LogP contribution in [0.1, 0.15) is 5.56 Å². The molecule has 0 saturated carbocycles. The Labute approximate surface area is 187 Å². The first-order valence-electron chi connectivity index (χ1n) is 8.17. The SMILES string of the molecule is COc1cc(/C=C2\SC(=O)N(CC(=O)Nc3ccccc3)C2=O)c(Br)c(Br)c1O. The molecule has 1 aliphatic rings. The lowest BCUT2D eigenvalue weighted by Gasteiger charge is -2.12. The number of hydrogen-bond donors (Lipinski definition) is 2. The maximum Gasteiger partial charge on any atom is 0.294 e. The van der Waals surface area contributed by atoms with Crippen molar-refractivity contribution in [3.05, 3.63) is 55.8 Å². The first-order valence-corrected chi connectivity index (χ1v) is 10.6. The molecule has 1 heterocycles. The van der Waals surface area contributed by atoms with Crippen LogP contribution in [0.4, 0.5) is 10.5 Å². The van der Waals surface area contributed by atoms with E-state index in [1.165, 1.54) is 19.3 Å². The molecule has 0 bridgehead atoms. The highest BCUT2D eigenvalue weighted by Gasteiger charge is 2.36. The molecule has 0 unspecified atom stereocenters. The van der Waals surface area contributed by atoms with E-state index in [4.69, 9.17) is 4.74 Å². The molecule has 2 aromatic carbocycles. The second-order valence-electron chi connectivity index (χ2n) is 5.83. The molecule has 3 rings (SSSR count). The Balaban J connectivity index is 1.80. The number of para-hydroxylation sites is 1. The first-order chi connectivity index (χ1) is 13.8. The Morgan fingerprint density at radius 3 is 2.59 bits per heavy atom. The maximum absolute atomic E-state index is 12.7. The number of carbonyl (C=O) groups is 3. The Hall–Kier alpha value is -2.30.